The number of carbonyl (C=O) groups excluding carboxylic acids is 1. The second-order valence-corrected chi connectivity index (χ2v) is 4.33. The van der Waals surface area contributed by atoms with Crippen LogP contribution in [0.5, 0.6) is 11.5 Å². The van der Waals surface area contributed by atoms with E-state index >= 15 is 0 Å². The van der Waals surface area contributed by atoms with Gasteiger partial charge < -0.3 is 19.5 Å². The number of carbonyl (C=O) groups is 1. The molecule has 0 fully saturated rings. The van der Waals surface area contributed by atoms with E-state index in [0.29, 0.717) is 42.7 Å². The minimum atomic E-state index is -0.196. The van der Waals surface area contributed by atoms with Gasteiger partial charge in [-0.2, -0.15) is 0 Å². The highest BCUT2D eigenvalue weighted by molar-refractivity contribution is 6.17. The monoisotopic (exact) mass is 301 g/mol. The van der Waals surface area contributed by atoms with Crippen LogP contribution in [0.1, 0.15) is 16.8 Å². The molecule has 20 heavy (non-hydrogen) atoms. The highest BCUT2D eigenvalue weighted by Crippen LogP contribution is 2.30. The van der Waals surface area contributed by atoms with E-state index in [9.17, 15) is 4.79 Å². The lowest BCUT2D eigenvalue weighted by atomic mass is 10.1. The van der Waals surface area contributed by atoms with Crippen molar-refractivity contribution < 1.29 is 19.0 Å². The molecule has 1 aromatic rings. The first-order valence-electron chi connectivity index (χ1n) is 6.37. The summed E-state index contributed by atoms with van der Waals surface area (Å²) in [6.07, 6.45) is 0.731. The van der Waals surface area contributed by atoms with Crippen LogP contribution in [-0.4, -0.2) is 45.8 Å². The zero-order valence-electron chi connectivity index (χ0n) is 11.8. The van der Waals surface area contributed by atoms with Crippen LogP contribution in [0.3, 0.4) is 0 Å². The van der Waals surface area contributed by atoms with E-state index in [1.54, 1.807) is 18.2 Å². The molecule has 1 N–H and O–H groups in total. The molecule has 6 heteroatoms. The van der Waals surface area contributed by atoms with Gasteiger partial charge in [-0.05, 0) is 18.6 Å². The molecule has 0 aromatic heterocycles. The second kappa shape index (κ2) is 9.44. The Morgan fingerprint density at radius 2 is 2.05 bits per heavy atom. The van der Waals surface area contributed by atoms with Gasteiger partial charge in [-0.25, -0.2) is 0 Å². The number of nitrogens with one attached hydrogen (secondary N) is 1. The number of ether oxygens (including phenoxy) is 3. The molecular weight excluding hydrogens is 282 g/mol. The van der Waals surface area contributed by atoms with Gasteiger partial charge in [0.1, 0.15) is 0 Å². The fraction of sp³-hybridized carbons (Fsp3) is 0.500. The van der Waals surface area contributed by atoms with Crippen LogP contribution in [0.15, 0.2) is 18.2 Å². The van der Waals surface area contributed by atoms with Crippen LogP contribution in [-0.2, 0) is 4.74 Å². The van der Waals surface area contributed by atoms with E-state index in [-0.39, 0.29) is 5.91 Å². The summed E-state index contributed by atoms with van der Waals surface area (Å²) in [6, 6.07) is 5.19. The van der Waals surface area contributed by atoms with Gasteiger partial charge in [0.15, 0.2) is 11.5 Å². The molecule has 0 unspecified atom stereocenters. The molecule has 1 amide bonds. The number of para-hydroxylation sites is 1. The minimum absolute atomic E-state index is 0.196. The fourth-order valence-electron chi connectivity index (χ4n) is 1.69. The van der Waals surface area contributed by atoms with Gasteiger partial charge in [-0.3, -0.25) is 4.79 Å². The Bertz CT molecular complexity index is 426. The Morgan fingerprint density at radius 1 is 1.25 bits per heavy atom. The summed E-state index contributed by atoms with van der Waals surface area (Å²) in [4.78, 5) is 12.1. The summed E-state index contributed by atoms with van der Waals surface area (Å²) in [5.74, 6) is 1.25. The number of hydrogen-bond acceptors (Lipinski definition) is 4. The number of amides is 1. The number of alkyl halides is 1. The van der Waals surface area contributed by atoms with Crippen molar-refractivity contribution in [2.75, 3.05) is 39.9 Å². The molecule has 0 heterocycles. The van der Waals surface area contributed by atoms with E-state index in [1.165, 1.54) is 14.2 Å². The van der Waals surface area contributed by atoms with Crippen LogP contribution in [0, 0.1) is 0 Å². The molecular formula is C14H20ClNO4. The van der Waals surface area contributed by atoms with Crippen molar-refractivity contribution in [2.24, 2.45) is 0 Å². The van der Waals surface area contributed by atoms with Gasteiger partial charge in [0.05, 0.1) is 26.4 Å². The molecule has 0 atom stereocenters. The molecule has 0 aliphatic rings. The molecule has 0 radical (unpaired) electrons. The molecule has 1 rings (SSSR count). The molecule has 112 valence electrons. The summed E-state index contributed by atoms with van der Waals surface area (Å²) >= 11 is 5.49. The van der Waals surface area contributed by atoms with Crippen LogP contribution in [0.2, 0.25) is 0 Å². The molecule has 1 aromatic carbocycles. The maximum atomic E-state index is 12.1. The summed E-state index contributed by atoms with van der Waals surface area (Å²) in [5.41, 5.74) is 0.452. The van der Waals surface area contributed by atoms with E-state index in [1.807, 2.05) is 0 Å². The lowest BCUT2D eigenvalue weighted by Gasteiger charge is -2.12. The molecule has 0 aliphatic heterocycles. The molecule has 0 bridgehead atoms. The molecule has 0 saturated heterocycles. The van der Waals surface area contributed by atoms with Crippen molar-refractivity contribution in [1.82, 2.24) is 5.32 Å². The molecule has 0 saturated carbocycles. The van der Waals surface area contributed by atoms with Gasteiger partial charge in [0.25, 0.3) is 5.91 Å². The minimum Gasteiger partial charge on any atom is -0.493 e. The Balaban J connectivity index is 2.51. The second-order valence-electron chi connectivity index (χ2n) is 3.95. The smallest absolute Gasteiger partial charge is 0.255 e. The molecule has 0 aliphatic carbocycles. The Hall–Kier alpha value is -1.46. The Morgan fingerprint density at radius 3 is 2.70 bits per heavy atom. The predicted molar refractivity (Wildman–Crippen MR) is 78.0 cm³/mol. The fourth-order valence-corrected chi connectivity index (χ4v) is 1.80. The SMILES string of the molecule is COc1cccc(C(=O)NCCCOCCCl)c1OC. The average molecular weight is 302 g/mol. The first-order chi connectivity index (χ1) is 9.74. The lowest BCUT2D eigenvalue weighted by Crippen LogP contribution is -2.25. The van der Waals surface area contributed by atoms with Crippen molar-refractivity contribution in [3.63, 3.8) is 0 Å². The third-order valence-electron chi connectivity index (χ3n) is 2.62. The molecule has 5 nitrogen and oxygen atoms in total. The van der Waals surface area contributed by atoms with E-state index in [2.05, 4.69) is 5.32 Å². The number of rotatable bonds is 9. The Labute approximate surface area is 124 Å². The van der Waals surface area contributed by atoms with Crippen LogP contribution in [0.25, 0.3) is 0 Å². The third-order valence-corrected chi connectivity index (χ3v) is 2.77. The summed E-state index contributed by atoms with van der Waals surface area (Å²) < 4.78 is 15.6. The van der Waals surface area contributed by atoms with Crippen molar-refractivity contribution >= 4 is 17.5 Å². The normalized spacial score (nSPS) is 10.2. The first-order valence-corrected chi connectivity index (χ1v) is 6.91. The summed E-state index contributed by atoms with van der Waals surface area (Å²) in [7, 11) is 3.04. The van der Waals surface area contributed by atoms with Crippen molar-refractivity contribution in [2.45, 2.75) is 6.42 Å². The summed E-state index contributed by atoms with van der Waals surface area (Å²) in [5, 5.41) is 2.81. The third kappa shape index (κ3) is 4.90. The van der Waals surface area contributed by atoms with Crippen molar-refractivity contribution in [1.29, 1.82) is 0 Å². The van der Waals surface area contributed by atoms with Gasteiger partial charge in [-0.1, -0.05) is 6.07 Å². The Kier molecular flexibility index (Phi) is 7.84. The highest BCUT2D eigenvalue weighted by Gasteiger charge is 2.15. The molecule has 0 spiro atoms. The zero-order valence-corrected chi connectivity index (χ0v) is 12.5. The maximum Gasteiger partial charge on any atom is 0.255 e. The van der Waals surface area contributed by atoms with Gasteiger partial charge in [0.2, 0.25) is 0 Å². The average Bonchev–Trinajstić information content (AvgIpc) is 2.49. The van der Waals surface area contributed by atoms with Crippen molar-refractivity contribution in [3.05, 3.63) is 23.8 Å². The number of halogens is 1. The van der Waals surface area contributed by atoms with E-state index in [4.69, 9.17) is 25.8 Å². The highest BCUT2D eigenvalue weighted by atomic mass is 35.5. The van der Waals surface area contributed by atoms with Gasteiger partial charge in [0, 0.05) is 19.0 Å². The van der Waals surface area contributed by atoms with Crippen LogP contribution in [0.4, 0.5) is 0 Å². The van der Waals surface area contributed by atoms with E-state index in [0.717, 1.165) is 6.42 Å². The zero-order chi connectivity index (χ0) is 14.8. The van der Waals surface area contributed by atoms with Crippen LogP contribution >= 0.6 is 11.6 Å². The van der Waals surface area contributed by atoms with Gasteiger partial charge >= 0.3 is 0 Å². The number of hydrogen-bond donors (Lipinski definition) is 1. The van der Waals surface area contributed by atoms with E-state index < -0.39 is 0 Å². The number of benzene rings is 1. The largest absolute Gasteiger partial charge is 0.493 e. The maximum absolute atomic E-state index is 12.1. The lowest BCUT2D eigenvalue weighted by molar-refractivity contribution is 0.0941. The topological polar surface area (TPSA) is 56.8 Å². The standard InChI is InChI=1S/C14H20ClNO4/c1-18-12-6-3-5-11(13(12)19-2)14(17)16-8-4-9-20-10-7-15/h3,5-6H,4,7-10H2,1-2H3,(H,16,17). The first kappa shape index (κ1) is 16.6. The van der Waals surface area contributed by atoms with Crippen LogP contribution < -0.4 is 14.8 Å². The predicted octanol–water partition coefficient (Wildman–Crippen LogP) is 2.08. The summed E-state index contributed by atoms with van der Waals surface area (Å²) in [6.45, 7) is 1.63. The quantitative estimate of drug-likeness (QED) is 0.560. The number of methoxy groups -OCH3 is 2. The van der Waals surface area contributed by atoms with Crippen molar-refractivity contribution in [3.8, 4) is 11.5 Å². The van der Waals surface area contributed by atoms with Gasteiger partial charge in [-0.15, -0.1) is 11.6 Å².